The molecule has 2 aromatic carbocycles. The molecule has 29 heavy (non-hydrogen) atoms. The highest BCUT2D eigenvalue weighted by Crippen LogP contribution is 2.22. The zero-order valence-electron chi connectivity index (χ0n) is 15.9. The standard InChI is InChI=1S/C20H23N3O5S/c1-14(21-20(25)23-16-11-12-29(26,27)13-16)19(24)22-15-7-9-18(10-8-15)28-17-5-3-2-4-6-17/h2-10,14,16H,11-13H2,1H3,(H,22,24)(H2,21,23,25)/t14-,16?/m0/s1. The third-order valence-electron chi connectivity index (χ3n) is 4.41. The van der Waals surface area contributed by atoms with Gasteiger partial charge in [0.1, 0.15) is 17.5 Å². The molecule has 8 nitrogen and oxygen atoms in total. The quantitative estimate of drug-likeness (QED) is 0.667. The maximum atomic E-state index is 12.3. The lowest BCUT2D eigenvalue weighted by Crippen LogP contribution is -2.49. The molecule has 154 valence electrons. The molecular weight excluding hydrogens is 394 g/mol. The molecule has 1 saturated heterocycles. The second-order valence-corrected chi connectivity index (χ2v) is 9.10. The molecule has 0 saturated carbocycles. The number of nitrogens with one attached hydrogen (secondary N) is 3. The Labute approximate surface area is 169 Å². The van der Waals surface area contributed by atoms with Crippen LogP contribution in [0.2, 0.25) is 0 Å². The van der Waals surface area contributed by atoms with Crippen molar-refractivity contribution in [1.29, 1.82) is 0 Å². The Morgan fingerprint density at radius 2 is 1.69 bits per heavy atom. The predicted octanol–water partition coefficient (Wildman–Crippen LogP) is 2.29. The van der Waals surface area contributed by atoms with Gasteiger partial charge in [-0.1, -0.05) is 18.2 Å². The summed E-state index contributed by atoms with van der Waals surface area (Å²) in [4.78, 5) is 24.3. The fourth-order valence-electron chi connectivity index (χ4n) is 2.88. The second kappa shape index (κ2) is 8.95. The normalized spacial score (nSPS) is 18.4. The highest BCUT2D eigenvalue weighted by molar-refractivity contribution is 7.91. The van der Waals surface area contributed by atoms with E-state index in [-0.39, 0.29) is 11.5 Å². The van der Waals surface area contributed by atoms with Crippen LogP contribution in [-0.2, 0) is 14.6 Å². The number of urea groups is 1. The molecule has 2 atom stereocenters. The van der Waals surface area contributed by atoms with Crippen LogP contribution in [0.5, 0.6) is 11.5 Å². The lowest BCUT2D eigenvalue weighted by molar-refractivity contribution is -0.117. The number of carbonyl (C=O) groups excluding carboxylic acids is 2. The number of hydrogen-bond donors (Lipinski definition) is 3. The Balaban J connectivity index is 1.47. The number of amides is 3. The predicted molar refractivity (Wildman–Crippen MR) is 110 cm³/mol. The van der Waals surface area contributed by atoms with E-state index < -0.39 is 33.9 Å². The minimum atomic E-state index is -3.08. The van der Waals surface area contributed by atoms with E-state index in [0.29, 0.717) is 23.6 Å². The molecule has 0 bridgehead atoms. The first-order valence-corrected chi connectivity index (χ1v) is 11.0. The van der Waals surface area contributed by atoms with Crippen LogP contribution in [0.4, 0.5) is 10.5 Å². The van der Waals surface area contributed by atoms with Crippen LogP contribution in [0.3, 0.4) is 0 Å². The summed E-state index contributed by atoms with van der Waals surface area (Å²) in [7, 11) is -3.08. The number of carbonyl (C=O) groups is 2. The zero-order chi connectivity index (χ0) is 20.9. The topological polar surface area (TPSA) is 114 Å². The fourth-order valence-corrected chi connectivity index (χ4v) is 4.55. The summed E-state index contributed by atoms with van der Waals surface area (Å²) in [6.07, 6.45) is 0.383. The Morgan fingerprint density at radius 3 is 2.31 bits per heavy atom. The maximum Gasteiger partial charge on any atom is 0.315 e. The van der Waals surface area contributed by atoms with E-state index >= 15 is 0 Å². The third kappa shape index (κ3) is 6.21. The van der Waals surface area contributed by atoms with Crippen LogP contribution in [-0.4, -0.2) is 43.9 Å². The molecule has 1 heterocycles. The van der Waals surface area contributed by atoms with Crippen LogP contribution >= 0.6 is 0 Å². The van der Waals surface area contributed by atoms with Crippen molar-refractivity contribution in [3.63, 3.8) is 0 Å². The molecule has 0 radical (unpaired) electrons. The van der Waals surface area contributed by atoms with Gasteiger partial charge in [0.25, 0.3) is 0 Å². The van der Waals surface area contributed by atoms with E-state index in [1.807, 2.05) is 30.3 Å². The summed E-state index contributed by atoms with van der Waals surface area (Å²) >= 11 is 0. The van der Waals surface area contributed by atoms with Crippen molar-refractivity contribution >= 4 is 27.5 Å². The first kappa shape index (κ1) is 20.7. The first-order chi connectivity index (χ1) is 13.8. The average Bonchev–Trinajstić information content (AvgIpc) is 3.02. The summed E-state index contributed by atoms with van der Waals surface area (Å²) in [5.74, 6) is 0.946. The Hall–Kier alpha value is -3.07. The van der Waals surface area contributed by atoms with Gasteiger partial charge in [-0.05, 0) is 49.7 Å². The summed E-state index contributed by atoms with van der Waals surface area (Å²) < 4.78 is 28.6. The monoisotopic (exact) mass is 417 g/mol. The first-order valence-electron chi connectivity index (χ1n) is 9.22. The van der Waals surface area contributed by atoms with Gasteiger partial charge < -0.3 is 20.7 Å². The van der Waals surface area contributed by atoms with E-state index in [1.54, 1.807) is 31.2 Å². The Bertz CT molecular complexity index is 961. The molecule has 0 aliphatic carbocycles. The lowest BCUT2D eigenvalue weighted by atomic mass is 10.2. The Kier molecular flexibility index (Phi) is 6.38. The van der Waals surface area contributed by atoms with E-state index in [2.05, 4.69) is 16.0 Å². The molecule has 1 aliphatic rings. The van der Waals surface area contributed by atoms with Gasteiger partial charge in [-0.3, -0.25) is 4.79 Å². The highest BCUT2D eigenvalue weighted by Gasteiger charge is 2.29. The molecule has 3 amide bonds. The highest BCUT2D eigenvalue weighted by atomic mass is 32.2. The number of sulfone groups is 1. The maximum absolute atomic E-state index is 12.3. The fraction of sp³-hybridized carbons (Fsp3) is 0.300. The largest absolute Gasteiger partial charge is 0.457 e. The number of ether oxygens (including phenoxy) is 1. The molecule has 0 spiro atoms. The summed E-state index contributed by atoms with van der Waals surface area (Å²) in [5.41, 5.74) is 0.561. The van der Waals surface area contributed by atoms with E-state index in [9.17, 15) is 18.0 Å². The number of rotatable bonds is 6. The molecule has 1 fully saturated rings. The third-order valence-corrected chi connectivity index (χ3v) is 6.18. The van der Waals surface area contributed by atoms with Gasteiger partial charge >= 0.3 is 6.03 Å². The number of hydrogen-bond acceptors (Lipinski definition) is 5. The molecule has 2 aromatic rings. The zero-order valence-corrected chi connectivity index (χ0v) is 16.7. The molecule has 9 heteroatoms. The van der Waals surface area contributed by atoms with Gasteiger partial charge in [-0.25, -0.2) is 13.2 Å². The van der Waals surface area contributed by atoms with Crippen molar-refractivity contribution in [1.82, 2.24) is 10.6 Å². The second-order valence-electron chi connectivity index (χ2n) is 6.87. The van der Waals surface area contributed by atoms with Crippen molar-refractivity contribution < 1.29 is 22.7 Å². The van der Waals surface area contributed by atoms with E-state index in [4.69, 9.17) is 4.74 Å². The van der Waals surface area contributed by atoms with Crippen LogP contribution in [0.1, 0.15) is 13.3 Å². The minimum absolute atomic E-state index is 0.0674. The van der Waals surface area contributed by atoms with E-state index in [0.717, 1.165) is 0 Å². The van der Waals surface area contributed by atoms with Crippen LogP contribution in [0, 0.1) is 0 Å². The molecule has 1 unspecified atom stereocenters. The molecule has 3 N–H and O–H groups in total. The smallest absolute Gasteiger partial charge is 0.315 e. The van der Waals surface area contributed by atoms with Gasteiger partial charge in [-0.2, -0.15) is 0 Å². The molecular formula is C20H23N3O5S. The van der Waals surface area contributed by atoms with Crippen molar-refractivity contribution in [3.8, 4) is 11.5 Å². The van der Waals surface area contributed by atoms with Gasteiger partial charge in [0.2, 0.25) is 5.91 Å². The summed E-state index contributed by atoms with van der Waals surface area (Å²) in [5, 5.41) is 7.82. The van der Waals surface area contributed by atoms with Crippen LogP contribution in [0.25, 0.3) is 0 Å². The molecule has 3 rings (SSSR count). The summed E-state index contributed by atoms with van der Waals surface area (Å²) in [6.45, 7) is 1.55. The van der Waals surface area contributed by atoms with Crippen molar-refractivity contribution in [3.05, 3.63) is 54.6 Å². The van der Waals surface area contributed by atoms with Gasteiger partial charge in [0.05, 0.1) is 11.5 Å². The van der Waals surface area contributed by atoms with Gasteiger partial charge in [-0.15, -0.1) is 0 Å². The molecule has 0 aromatic heterocycles. The average molecular weight is 417 g/mol. The van der Waals surface area contributed by atoms with Crippen molar-refractivity contribution in [2.45, 2.75) is 25.4 Å². The van der Waals surface area contributed by atoms with E-state index in [1.165, 1.54) is 0 Å². The van der Waals surface area contributed by atoms with Crippen molar-refractivity contribution in [2.24, 2.45) is 0 Å². The summed E-state index contributed by atoms with van der Waals surface area (Å²) in [6, 6.07) is 14.4. The minimum Gasteiger partial charge on any atom is -0.457 e. The Morgan fingerprint density at radius 1 is 1.03 bits per heavy atom. The van der Waals surface area contributed by atoms with Crippen LogP contribution < -0.4 is 20.7 Å². The molecule has 1 aliphatic heterocycles. The SMILES string of the molecule is C[C@H](NC(=O)NC1CCS(=O)(=O)C1)C(=O)Nc1ccc(Oc2ccccc2)cc1. The van der Waals surface area contributed by atoms with Gasteiger partial charge in [0.15, 0.2) is 9.84 Å². The van der Waals surface area contributed by atoms with Gasteiger partial charge in [0, 0.05) is 11.7 Å². The van der Waals surface area contributed by atoms with Crippen molar-refractivity contribution in [2.75, 3.05) is 16.8 Å². The lowest BCUT2D eigenvalue weighted by Gasteiger charge is -2.17. The number of anilines is 1. The number of benzene rings is 2. The van der Waals surface area contributed by atoms with Crippen LogP contribution in [0.15, 0.2) is 54.6 Å². The number of para-hydroxylation sites is 1.